The van der Waals surface area contributed by atoms with Gasteiger partial charge in [-0.2, -0.15) is 0 Å². The van der Waals surface area contributed by atoms with Crippen LogP contribution in [0.3, 0.4) is 0 Å². The van der Waals surface area contributed by atoms with Gasteiger partial charge in [0.05, 0.1) is 19.1 Å². The summed E-state index contributed by atoms with van der Waals surface area (Å²) in [5.41, 5.74) is 0.0793. The highest BCUT2D eigenvalue weighted by molar-refractivity contribution is 5.89. The van der Waals surface area contributed by atoms with Gasteiger partial charge in [-0.05, 0) is 5.92 Å². The van der Waals surface area contributed by atoms with Crippen LogP contribution in [0.4, 0.5) is 0 Å². The molecule has 2 aliphatic rings. The lowest BCUT2D eigenvalue weighted by Crippen LogP contribution is -2.49. The second-order valence-electron chi connectivity index (χ2n) is 6.61. The Labute approximate surface area is 114 Å². The molecule has 108 valence electrons. The first-order valence-electron chi connectivity index (χ1n) is 7.03. The summed E-state index contributed by atoms with van der Waals surface area (Å²) < 4.78 is 5.16. The molecule has 2 fully saturated rings. The summed E-state index contributed by atoms with van der Waals surface area (Å²) in [6.45, 7) is 9.62. The molecule has 2 amide bonds. The minimum atomic E-state index is -0.184. The van der Waals surface area contributed by atoms with Crippen LogP contribution < -0.4 is 5.32 Å². The molecule has 0 bridgehead atoms. The molecular weight excluding hydrogens is 244 g/mol. The molecule has 0 aromatic heterocycles. The number of carbonyl (C=O) groups excluding carboxylic acids is 2. The molecule has 1 atom stereocenters. The van der Waals surface area contributed by atoms with Gasteiger partial charge in [0.25, 0.3) is 0 Å². The standard InChI is InChI=1S/C14H24N2O3/c1-10(2)5-16-6-11(4-12(16)17)13(18)15-7-14(3)8-19-9-14/h10-11H,4-9H2,1-3H3,(H,15,18). The van der Waals surface area contributed by atoms with Crippen molar-refractivity contribution in [1.29, 1.82) is 0 Å². The minimum absolute atomic E-state index is 0.00716. The van der Waals surface area contributed by atoms with Gasteiger partial charge in [-0.3, -0.25) is 9.59 Å². The van der Waals surface area contributed by atoms with Gasteiger partial charge in [0, 0.05) is 31.5 Å². The second-order valence-corrected chi connectivity index (χ2v) is 6.61. The predicted octanol–water partition coefficient (Wildman–Crippen LogP) is 0.644. The molecule has 2 heterocycles. The summed E-state index contributed by atoms with van der Waals surface area (Å²) in [6, 6.07) is 0. The molecule has 0 radical (unpaired) electrons. The number of hydrogen-bond donors (Lipinski definition) is 1. The van der Waals surface area contributed by atoms with Gasteiger partial charge in [0.1, 0.15) is 0 Å². The van der Waals surface area contributed by atoms with Crippen LogP contribution in [-0.4, -0.2) is 49.6 Å². The van der Waals surface area contributed by atoms with Crippen LogP contribution in [0, 0.1) is 17.3 Å². The maximum Gasteiger partial charge on any atom is 0.225 e. The van der Waals surface area contributed by atoms with Crippen molar-refractivity contribution >= 4 is 11.8 Å². The van der Waals surface area contributed by atoms with Gasteiger partial charge in [-0.25, -0.2) is 0 Å². The van der Waals surface area contributed by atoms with Crippen LogP contribution in [0.1, 0.15) is 27.2 Å². The smallest absolute Gasteiger partial charge is 0.225 e. The molecule has 2 rings (SSSR count). The van der Waals surface area contributed by atoms with Crippen molar-refractivity contribution in [3.63, 3.8) is 0 Å². The lowest BCUT2D eigenvalue weighted by atomic mass is 9.88. The van der Waals surface area contributed by atoms with Gasteiger partial charge >= 0.3 is 0 Å². The lowest BCUT2D eigenvalue weighted by Gasteiger charge is -2.38. The Morgan fingerprint density at radius 2 is 2.21 bits per heavy atom. The Balaban J connectivity index is 1.79. The number of rotatable bonds is 5. The quantitative estimate of drug-likeness (QED) is 0.796. The number of likely N-dealkylation sites (tertiary alicyclic amines) is 1. The number of hydrogen-bond acceptors (Lipinski definition) is 3. The fourth-order valence-electron chi connectivity index (χ4n) is 2.56. The third kappa shape index (κ3) is 3.47. The van der Waals surface area contributed by atoms with Crippen LogP contribution >= 0.6 is 0 Å². The van der Waals surface area contributed by atoms with Gasteiger partial charge in [0.2, 0.25) is 11.8 Å². The Morgan fingerprint density at radius 1 is 1.53 bits per heavy atom. The molecule has 0 aromatic rings. The number of carbonyl (C=O) groups is 2. The van der Waals surface area contributed by atoms with E-state index in [9.17, 15) is 9.59 Å². The zero-order valence-electron chi connectivity index (χ0n) is 12.1. The van der Waals surface area contributed by atoms with E-state index >= 15 is 0 Å². The Bertz CT molecular complexity index is 364. The van der Waals surface area contributed by atoms with Crippen LogP contribution in [0.5, 0.6) is 0 Å². The highest BCUT2D eigenvalue weighted by Crippen LogP contribution is 2.26. The van der Waals surface area contributed by atoms with Crippen molar-refractivity contribution in [1.82, 2.24) is 10.2 Å². The van der Waals surface area contributed by atoms with Crippen molar-refractivity contribution in [2.75, 3.05) is 32.8 Å². The van der Waals surface area contributed by atoms with Gasteiger partial charge < -0.3 is 15.0 Å². The van der Waals surface area contributed by atoms with Gasteiger partial charge in [-0.15, -0.1) is 0 Å². The van der Waals surface area contributed by atoms with E-state index in [0.717, 1.165) is 6.54 Å². The number of nitrogens with zero attached hydrogens (tertiary/aromatic N) is 1. The molecule has 5 heteroatoms. The molecule has 0 aliphatic carbocycles. The monoisotopic (exact) mass is 268 g/mol. The van der Waals surface area contributed by atoms with E-state index in [1.54, 1.807) is 0 Å². The molecule has 1 unspecified atom stereocenters. The van der Waals surface area contributed by atoms with E-state index in [2.05, 4.69) is 26.1 Å². The maximum atomic E-state index is 12.1. The lowest BCUT2D eigenvalue weighted by molar-refractivity contribution is -0.131. The largest absolute Gasteiger partial charge is 0.380 e. The Morgan fingerprint density at radius 3 is 2.74 bits per heavy atom. The molecule has 2 aliphatic heterocycles. The molecule has 19 heavy (non-hydrogen) atoms. The fraction of sp³-hybridized carbons (Fsp3) is 0.857. The maximum absolute atomic E-state index is 12.1. The van der Waals surface area contributed by atoms with Crippen molar-refractivity contribution in [3.05, 3.63) is 0 Å². The van der Waals surface area contributed by atoms with Crippen molar-refractivity contribution in [3.8, 4) is 0 Å². The first-order valence-corrected chi connectivity index (χ1v) is 7.03. The van der Waals surface area contributed by atoms with E-state index in [-0.39, 0.29) is 23.1 Å². The van der Waals surface area contributed by atoms with Crippen LogP contribution in [0.15, 0.2) is 0 Å². The van der Waals surface area contributed by atoms with E-state index in [1.165, 1.54) is 0 Å². The Hall–Kier alpha value is -1.10. The SMILES string of the molecule is CC(C)CN1CC(C(=O)NCC2(C)COC2)CC1=O. The molecule has 0 saturated carbocycles. The van der Waals surface area contributed by atoms with Crippen LogP contribution in [0.25, 0.3) is 0 Å². The predicted molar refractivity (Wildman–Crippen MR) is 71.5 cm³/mol. The average molecular weight is 268 g/mol. The highest BCUT2D eigenvalue weighted by atomic mass is 16.5. The third-order valence-corrected chi connectivity index (χ3v) is 3.76. The first kappa shape index (κ1) is 14.3. The van der Waals surface area contributed by atoms with E-state index < -0.39 is 0 Å². The van der Waals surface area contributed by atoms with Crippen molar-refractivity contribution in [2.24, 2.45) is 17.3 Å². The van der Waals surface area contributed by atoms with E-state index in [1.807, 2.05) is 4.90 Å². The minimum Gasteiger partial charge on any atom is -0.380 e. The van der Waals surface area contributed by atoms with Gasteiger partial charge in [-0.1, -0.05) is 20.8 Å². The van der Waals surface area contributed by atoms with Crippen molar-refractivity contribution in [2.45, 2.75) is 27.2 Å². The Kier molecular flexibility index (Phi) is 4.13. The summed E-state index contributed by atoms with van der Waals surface area (Å²) in [4.78, 5) is 25.7. The third-order valence-electron chi connectivity index (χ3n) is 3.76. The number of nitrogens with one attached hydrogen (secondary N) is 1. The summed E-state index contributed by atoms with van der Waals surface area (Å²) in [5.74, 6) is 0.368. The second kappa shape index (κ2) is 5.49. The summed E-state index contributed by atoms with van der Waals surface area (Å²) in [7, 11) is 0. The van der Waals surface area contributed by atoms with Crippen molar-refractivity contribution < 1.29 is 14.3 Å². The van der Waals surface area contributed by atoms with Crippen LogP contribution in [0.2, 0.25) is 0 Å². The zero-order chi connectivity index (χ0) is 14.0. The molecule has 5 nitrogen and oxygen atoms in total. The molecule has 0 spiro atoms. The number of ether oxygens (including phenoxy) is 1. The normalized spacial score (nSPS) is 25.6. The molecule has 0 aromatic carbocycles. The molecule has 1 N–H and O–H groups in total. The topological polar surface area (TPSA) is 58.6 Å². The zero-order valence-corrected chi connectivity index (χ0v) is 12.1. The molecule has 2 saturated heterocycles. The highest BCUT2D eigenvalue weighted by Gasteiger charge is 2.37. The summed E-state index contributed by atoms with van der Waals surface area (Å²) in [6.07, 6.45) is 0.353. The van der Waals surface area contributed by atoms with Crippen LogP contribution in [-0.2, 0) is 14.3 Å². The van der Waals surface area contributed by atoms with E-state index in [0.29, 0.717) is 38.6 Å². The average Bonchev–Trinajstić information content (AvgIpc) is 2.64. The molecular formula is C14H24N2O3. The van der Waals surface area contributed by atoms with Gasteiger partial charge in [0.15, 0.2) is 0 Å². The number of amides is 2. The first-order chi connectivity index (χ1) is 8.89. The fourth-order valence-corrected chi connectivity index (χ4v) is 2.56. The van der Waals surface area contributed by atoms with E-state index in [4.69, 9.17) is 4.74 Å². The summed E-state index contributed by atoms with van der Waals surface area (Å²) in [5, 5.41) is 2.96. The summed E-state index contributed by atoms with van der Waals surface area (Å²) >= 11 is 0.